The molecule has 13 heavy (non-hydrogen) atoms. The van der Waals surface area contributed by atoms with Gasteiger partial charge in [0.05, 0.1) is 4.91 Å². The zero-order valence-corrected chi connectivity index (χ0v) is 9.69. The average molecular weight is 210 g/mol. The van der Waals surface area contributed by atoms with Crippen LogP contribution in [0, 0.1) is 4.91 Å². The van der Waals surface area contributed by atoms with Gasteiger partial charge in [-0.1, -0.05) is 18.2 Å². The molecule has 0 radical (unpaired) electrons. The van der Waals surface area contributed by atoms with E-state index < -0.39 is 11.4 Å². The molecule has 0 saturated heterocycles. The molecule has 7 heteroatoms. The first-order valence-electron chi connectivity index (χ1n) is 3.00. The van der Waals surface area contributed by atoms with Gasteiger partial charge in [-0.15, -0.1) is 4.28 Å². The Bertz CT molecular complexity index is 305. The molecule has 0 spiro atoms. The van der Waals surface area contributed by atoms with Crippen molar-refractivity contribution in [3.8, 4) is 0 Å². The summed E-state index contributed by atoms with van der Waals surface area (Å²) in [5.41, 5.74) is 0.127. The molecule has 0 aliphatic heterocycles. The summed E-state index contributed by atoms with van der Waals surface area (Å²) >= 11 is -2.83. The number of rotatable bonds is 3. The van der Waals surface area contributed by atoms with E-state index in [4.69, 9.17) is 0 Å². The predicted molar refractivity (Wildman–Crippen MR) is 39.7 cm³/mol. The number of nitrogens with zero attached hydrogens (tertiary/aromatic N) is 1. The zero-order valence-electron chi connectivity index (χ0n) is 6.88. The van der Waals surface area contributed by atoms with Crippen molar-refractivity contribution in [2.45, 2.75) is 0 Å². The first-order chi connectivity index (χ1) is 5.70. The molecule has 0 saturated carbocycles. The third-order valence-electron chi connectivity index (χ3n) is 1.10. The Kier molecular flexibility index (Phi) is 6.10. The summed E-state index contributed by atoms with van der Waals surface area (Å²) in [5.74, 6) is 0. The molecule has 1 atom stereocenters. The van der Waals surface area contributed by atoms with Crippen LogP contribution in [0.2, 0.25) is 0 Å². The molecular formula is C6H5NNaO4S+. The minimum absolute atomic E-state index is 0. The molecular weight excluding hydrogens is 205 g/mol. The zero-order chi connectivity index (χ0) is 8.97. The molecule has 0 fully saturated rings. The average Bonchev–Trinajstić information content (AvgIpc) is 2.05. The first kappa shape index (κ1) is 12.7. The summed E-state index contributed by atoms with van der Waals surface area (Å²) in [5, 5.41) is 0. The van der Waals surface area contributed by atoms with E-state index in [-0.39, 0.29) is 40.2 Å². The van der Waals surface area contributed by atoms with Crippen molar-refractivity contribution in [3.63, 3.8) is 0 Å². The summed E-state index contributed by atoms with van der Waals surface area (Å²) in [4.78, 5) is 10.7. The standard InChI is InChI=1S/C6H5NO4S.Na/c8-7(11-12(9)10)6-4-2-1-3-5-6;/h1-5H;/q;+1. The quantitative estimate of drug-likeness (QED) is 0.323. The van der Waals surface area contributed by atoms with Crippen molar-refractivity contribution in [3.05, 3.63) is 35.2 Å². The van der Waals surface area contributed by atoms with Crippen molar-refractivity contribution in [2.24, 2.45) is 0 Å². The van der Waals surface area contributed by atoms with Crippen LogP contribution in [-0.2, 0) is 15.6 Å². The Hall–Kier alpha value is -0.270. The smallest absolute Gasteiger partial charge is 0.734 e. The second kappa shape index (κ2) is 6.22. The summed E-state index contributed by atoms with van der Waals surface area (Å²) in [6.45, 7) is 0. The van der Waals surface area contributed by atoms with Gasteiger partial charge in [0.1, 0.15) is 0 Å². The molecule has 1 unspecified atom stereocenters. The van der Waals surface area contributed by atoms with Crippen molar-refractivity contribution in [1.82, 2.24) is 0 Å². The van der Waals surface area contributed by atoms with Crippen LogP contribution in [0.1, 0.15) is 0 Å². The number of para-hydroxylation sites is 1. The first-order valence-corrected chi connectivity index (χ1v) is 4.00. The van der Waals surface area contributed by atoms with E-state index in [1.807, 2.05) is 0 Å². The second-order valence-corrected chi connectivity index (χ2v) is 2.43. The second-order valence-electron chi connectivity index (χ2n) is 1.87. The minimum Gasteiger partial charge on any atom is -0.734 e. The van der Waals surface area contributed by atoms with E-state index in [0.29, 0.717) is 0 Å². The Morgan fingerprint density at radius 2 is 1.85 bits per heavy atom. The van der Waals surface area contributed by atoms with Crippen LogP contribution in [-0.4, -0.2) is 13.7 Å². The van der Waals surface area contributed by atoms with Gasteiger partial charge in [0, 0.05) is 12.1 Å². The molecule has 0 aromatic heterocycles. The van der Waals surface area contributed by atoms with Crippen molar-refractivity contribution >= 4 is 17.0 Å². The Labute approximate surface area is 99.4 Å². The fraction of sp³-hybridized carbons (Fsp3) is 0. The van der Waals surface area contributed by atoms with E-state index in [0.717, 1.165) is 0 Å². The minimum atomic E-state index is -2.83. The maximum atomic E-state index is 10.8. The van der Waals surface area contributed by atoms with Gasteiger partial charge >= 0.3 is 35.2 Å². The topological polar surface area (TPSA) is 69.4 Å². The van der Waals surface area contributed by atoms with Crippen LogP contribution in [0.15, 0.2) is 30.3 Å². The molecule has 1 aromatic carbocycles. The molecule has 1 aromatic rings. The van der Waals surface area contributed by atoms with Crippen molar-refractivity contribution in [1.29, 1.82) is 0 Å². The van der Waals surface area contributed by atoms with E-state index in [9.17, 15) is 13.7 Å². The molecule has 0 amide bonds. The normalized spacial score (nSPS) is 11.2. The monoisotopic (exact) mass is 210 g/mol. The van der Waals surface area contributed by atoms with Crippen LogP contribution in [0.3, 0.4) is 0 Å². The van der Waals surface area contributed by atoms with Gasteiger partial charge in [0.2, 0.25) is 11.4 Å². The maximum absolute atomic E-state index is 10.8. The predicted octanol–water partition coefficient (Wildman–Crippen LogP) is -2.17. The number of benzene rings is 1. The van der Waals surface area contributed by atoms with Crippen LogP contribution in [0.25, 0.3) is 0 Å². The molecule has 0 heterocycles. The van der Waals surface area contributed by atoms with E-state index in [2.05, 4.69) is 4.28 Å². The van der Waals surface area contributed by atoms with Crippen LogP contribution < -0.4 is 29.6 Å². The van der Waals surface area contributed by atoms with Gasteiger partial charge in [-0.3, -0.25) is 0 Å². The maximum Gasteiger partial charge on any atom is 1.00 e. The van der Waals surface area contributed by atoms with Gasteiger partial charge in [-0.25, -0.2) is 4.21 Å². The molecule has 0 bridgehead atoms. The molecule has 0 aliphatic rings. The van der Waals surface area contributed by atoms with Crippen molar-refractivity contribution in [2.75, 3.05) is 0 Å². The fourth-order valence-electron chi connectivity index (χ4n) is 0.648. The van der Waals surface area contributed by atoms with Gasteiger partial charge < -0.3 is 4.55 Å². The SMILES string of the molecule is O=[N+](OS(=O)[O-])c1ccccc1.[Na+]. The van der Waals surface area contributed by atoms with E-state index in [1.54, 1.807) is 18.2 Å². The van der Waals surface area contributed by atoms with Crippen LogP contribution >= 0.6 is 0 Å². The molecule has 0 aliphatic carbocycles. The van der Waals surface area contributed by atoms with Gasteiger partial charge in [-0.05, 0) is 0 Å². The Balaban J connectivity index is 0.00000144. The fourth-order valence-corrected chi connectivity index (χ4v) is 0.845. The molecule has 64 valence electrons. The van der Waals surface area contributed by atoms with Crippen LogP contribution in [0.5, 0.6) is 0 Å². The van der Waals surface area contributed by atoms with Gasteiger partial charge in [0.25, 0.3) is 4.92 Å². The number of hydrogen-bond donors (Lipinski definition) is 0. The van der Waals surface area contributed by atoms with Gasteiger partial charge in [-0.2, -0.15) is 0 Å². The van der Waals surface area contributed by atoms with E-state index in [1.165, 1.54) is 12.1 Å². The molecule has 5 nitrogen and oxygen atoms in total. The summed E-state index contributed by atoms with van der Waals surface area (Å²) in [6.07, 6.45) is 0. The van der Waals surface area contributed by atoms with Crippen molar-refractivity contribution < 1.29 is 47.5 Å². The van der Waals surface area contributed by atoms with Crippen LogP contribution in [0.4, 0.5) is 5.69 Å². The van der Waals surface area contributed by atoms with E-state index >= 15 is 0 Å². The summed E-state index contributed by atoms with van der Waals surface area (Å²) in [7, 11) is 0. The Morgan fingerprint density at radius 1 is 1.31 bits per heavy atom. The Morgan fingerprint density at radius 3 is 2.31 bits per heavy atom. The third-order valence-corrected chi connectivity index (χ3v) is 1.35. The molecule has 1 rings (SSSR count). The summed E-state index contributed by atoms with van der Waals surface area (Å²) < 4.78 is 23.7. The molecule has 0 N–H and O–H groups in total. The largest absolute Gasteiger partial charge is 1.00 e. The third kappa shape index (κ3) is 4.49. The van der Waals surface area contributed by atoms with Gasteiger partial charge in [0.15, 0.2) is 0 Å². The number of hydrogen-bond acceptors (Lipinski definition) is 4. The summed E-state index contributed by atoms with van der Waals surface area (Å²) in [6, 6.07) is 7.75.